The fourth-order valence-corrected chi connectivity index (χ4v) is 2.00. The molecule has 2 rings (SSSR count). The number of hydrogen-bond acceptors (Lipinski definition) is 4. The first-order valence-electron chi connectivity index (χ1n) is 6.92. The standard InChI is InChI=1S/C16H10F6N2O2.Cu/c1-8(13(25)9-2-4-23-11(6-9)15(17,18)19)14(26)10-3-5-24-12(7-10)16(20,21)22;/h2-7,25H,1H3;. The Balaban J connectivity index is 0.00000364. The van der Waals surface area contributed by atoms with Gasteiger partial charge in [0.05, 0.1) is 0 Å². The number of carbonyl (C=O) groups excluding carboxylic acids is 1. The summed E-state index contributed by atoms with van der Waals surface area (Å²) in [5.41, 5.74) is -3.78. The van der Waals surface area contributed by atoms with E-state index in [4.69, 9.17) is 0 Å². The number of alkyl halides is 6. The van der Waals surface area contributed by atoms with Crippen molar-refractivity contribution in [1.82, 2.24) is 9.97 Å². The number of aliphatic hydroxyl groups excluding tert-OH is 1. The summed E-state index contributed by atoms with van der Waals surface area (Å²) in [6, 6.07) is 3.06. The molecule has 149 valence electrons. The second-order valence-corrected chi connectivity index (χ2v) is 5.16. The average Bonchev–Trinajstić information content (AvgIpc) is 2.58. The Labute approximate surface area is 159 Å². The predicted octanol–water partition coefficient (Wildman–Crippen LogP) is 4.68. The number of carbonyl (C=O) groups is 1. The van der Waals surface area contributed by atoms with E-state index in [9.17, 15) is 36.2 Å². The second kappa shape index (κ2) is 8.10. The number of ketones is 1. The molecule has 0 aliphatic rings. The molecular weight excluding hydrogens is 430 g/mol. The maximum Gasteiger partial charge on any atom is 0.433 e. The van der Waals surface area contributed by atoms with E-state index in [-0.39, 0.29) is 22.6 Å². The molecule has 0 atom stereocenters. The van der Waals surface area contributed by atoms with Crippen molar-refractivity contribution in [2.45, 2.75) is 19.3 Å². The van der Waals surface area contributed by atoms with Gasteiger partial charge in [-0.25, -0.2) is 0 Å². The zero-order chi connectivity index (χ0) is 19.7. The second-order valence-electron chi connectivity index (χ2n) is 5.16. The molecule has 0 saturated carbocycles. The van der Waals surface area contributed by atoms with E-state index in [0.29, 0.717) is 12.1 Å². The predicted molar refractivity (Wildman–Crippen MR) is 78.0 cm³/mol. The van der Waals surface area contributed by atoms with Crippen LogP contribution in [0.3, 0.4) is 0 Å². The van der Waals surface area contributed by atoms with Crippen molar-refractivity contribution < 1.29 is 53.3 Å². The van der Waals surface area contributed by atoms with Gasteiger partial charge in [-0.3, -0.25) is 14.8 Å². The molecule has 0 amide bonds. The van der Waals surface area contributed by atoms with Crippen molar-refractivity contribution in [1.29, 1.82) is 0 Å². The van der Waals surface area contributed by atoms with Gasteiger partial charge in [-0.05, 0) is 31.2 Å². The van der Waals surface area contributed by atoms with E-state index < -0.39 is 46.4 Å². The number of rotatable bonds is 3. The van der Waals surface area contributed by atoms with Crippen molar-refractivity contribution in [2.75, 3.05) is 0 Å². The summed E-state index contributed by atoms with van der Waals surface area (Å²) in [5, 5.41) is 10.1. The molecule has 11 heteroatoms. The Morgan fingerprint density at radius 3 is 1.74 bits per heavy atom. The zero-order valence-electron chi connectivity index (χ0n) is 13.3. The number of Topliss-reactive ketones (excluding diaryl/α,β-unsaturated/α-hetero) is 1. The maximum atomic E-state index is 12.7. The van der Waals surface area contributed by atoms with Gasteiger partial charge in [-0.2, -0.15) is 26.3 Å². The third-order valence-corrected chi connectivity index (χ3v) is 3.33. The summed E-state index contributed by atoms with van der Waals surface area (Å²) >= 11 is 0. The summed E-state index contributed by atoms with van der Waals surface area (Å²) in [5.74, 6) is -1.78. The van der Waals surface area contributed by atoms with Crippen molar-refractivity contribution >= 4 is 11.5 Å². The topological polar surface area (TPSA) is 63.1 Å². The monoisotopic (exact) mass is 439 g/mol. The van der Waals surface area contributed by atoms with Crippen LogP contribution in [0.1, 0.15) is 34.2 Å². The summed E-state index contributed by atoms with van der Waals surface area (Å²) in [4.78, 5) is 18.5. The SMILES string of the molecule is CC(C(=O)c1ccnc(C(F)(F)F)c1)=C(O)c1ccnc(C(F)(F)F)c1.[Cu]. The molecular formula is C16H10CuF6N2O2. The van der Waals surface area contributed by atoms with Crippen molar-refractivity contribution in [2.24, 2.45) is 0 Å². The minimum atomic E-state index is -4.78. The van der Waals surface area contributed by atoms with Gasteiger partial charge in [-0.15, -0.1) is 0 Å². The van der Waals surface area contributed by atoms with Gasteiger partial charge in [0.2, 0.25) is 0 Å². The quantitative estimate of drug-likeness (QED) is 0.248. The first-order valence-corrected chi connectivity index (χ1v) is 6.92. The minimum absolute atomic E-state index is 0. The smallest absolute Gasteiger partial charge is 0.433 e. The van der Waals surface area contributed by atoms with Crippen LogP contribution in [0.2, 0.25) is 0 Å². The first-order chi connectivity index (χ1) is 11.9. The summed E-state index contributed by atoms with van der Waals surface area (Å²) in [7, 11) is 0. The third-order valence-electron chi connectivity index (χ3n) is 3.33. The molecule has 27 heavy (non-hydrogen) atoms. The molecule has 0 aromatic carbocycles. The zero-order valence-corrected chi connectivity index (χ0v) is 14.2. The van der Waals surface area contributed by atoms with E-state index in [1.165, 1.54) is 0 Å². The molecule has 0 aliphatic carbocycles. The summed E-state index contributed by atoms with van der Waals surface area (Å²) < 4.78 is 76.0. The molecule has 0 spiro atoms. The molecule has 0 saturated heterocycles. The van der Waals surface area contributed by atoms with Gasteiger partial charge in [0.1, 0.15) is 17.1 Å². The van der Waals surface area contributed by atoms with Crippen LogP contribution in [-0.2, 0) is 29.4 Å². The van der Waals surface area contributed by atoms with E-state index in [0.717, 1.165) is 31.5 Å². The van der Waals surface area contributed by atoms with Crippen LogP contribution in [0, 0.1) is 0 Å². The number of hydrogen-bond donors (Lipinski definition) is 1. The fraction of sp³-hybridized carbons (Fsp3) is 0.188. The Morgan fingerprint density at radius 2 is 1.30 bits per heavy atom. The number of halogens is 6. The Kier molecular flexibility index (Phi) is 6.79. The summed E-state index contributed by atoms with van der Waals surface area (Å²) in [6.45, 7) is 1.08. The number of nitrogens with zero attached hydrogens (tertiary/aromatic N) is 2. The molecule has 1 N–H and O–H groups in total. The molecule has 2 aromatic heterocycles. The van der Waals surface area contributed by atoms with Crippen LogP contribution >= 0.6 is 0 Å². The molecule has 2 aromatic rings. The van der Waals surface area contributed by atoms with Crippen LogP contribution in [0.5, 0.6) is 0 Å². The van der Waals surface area contributed by atoms with E-state index >= 15 is 0 Å². The van der Waals surface area contributed by atoms with Crippen molar-refractivity contribution in [3.8, 4) is 0 Å². The van der Waals surface area contributed by atoms with Crippen LogP contribution < -0.4 is 0 Å². The van der Waals surface area contributed by atoms with Crippen molar-refractivity contribution in [3.05, 3.63) is 64.7 Å². The maximum absolute atomic E-state index is 12.7. The van der Waals surface area contributed by atoms with E-state index in [2.05, 4.69) is 9.97 Å². The number of aromatic nitrogens is 2. The molecule has 0 bridgehead atoms. The van der Waals surface area contributed by atoms with Gasteiger partial charge in [-0.1, -0.05) is 0 Å². The Hall–Kier alpha value is -2.39. The van der Waals surface area contributed by atoms with Gasteiger partial charge in [0.15, 0.2) is 5.78 Å². The van der Waals surface area contributed by atoms with E-state index in [1.807, 2.05) is 0 Å². The fourth-order valence-electron chi connectivity index (χ4n) is 2.00. The molecule has 1 radical (unpaired) electrons. The molecule has 0 fully saturated rings. The van der Waals surface area contributed by atoms with Crippen molar-refractivity contribution in [3.63, 3.8) is 0 Å². The van der Waals surface area contributed by atoms with Crippen LogP contribution in [0.15, 0.2) is 42.2 Å². The Bertz CT molecular complexity index is 878. The van der Waals surface area contributed by atoms with Gasteiger partial charge >= 0.3 is 12.4 Å². The number of allylic oxidation sites excluding steroid dienone is 1. The average molecular weight is 440 g/mol. The van der Waals surface area contributed by atoms with Crippen LogP contribution in [0.25, 0.3) is 5.76 Å². The molecule has 4 nitrogen and oxygen atoms in total. The van der Waals surface area contributed by atoms with Crippen LogP contribution in [-0.4, -0.2) is 20.9 Å². The van der Waals surface area contributed by atoms with Gasteiger partial charge < -0.3 is 5.11 Å². The normalized spacial score (nSPS) is 12.9. The molecule has 0 aliphatic heterocycles. The van der Waals surface area contributed by atoms with Crippen LogP contribution in [0.4, 0.5) is 26.3 Å². The van der Waals surface area contributed by atoms with E-state index in [1.54, 1.807) is 0 Å². The third kappa shape index (κ3) is 5.30. The molecule has 0 unspecified atom stereocenters. The first kappa shape index (κ1) is 22.7. The largest absolute Gasteiger partial charge is 0.507 e. The minimum Gasteiger partial charge on any atom is -0.507 e. The number of aliphatic hydroxyl groups is 1. The van der Waals surface area contributed by atoms with Gasteiger partial charge in [0.25, 0.3) is 0 Å². The summed E-state index contributed by atoms with van der Waals surface area (Å²) in [6.07, 6.45) is -7.97. The number of pyridine rings is 2. The molecule has 2 heterocycles. The Morgan fingerprint density at radius 1 is 0.889 bits per heavy atom. The van der Waals surface area contributed by atoms with Gasteiger partial charge in [0, 0.05) is 46.2 Å².